The van der Waals surface area contributed by atoms with Crippen LogP contribution in [0.3, 0.4) is 0 Å². The van der Waals surface area contributed by atoms with Crippen LogP contribution in [0.15, 0.2) is 6.20 Å². The fourth-order valence-corrected chi connectivity index (χ4v) is 1.32. The molecule has 0 amide bonds. The molecule has 7 nitrogen and oxygen atoms in total. The van der Waals surface area contributed by atoms with E-state index in [1.807, 2.05) is 0 Å². The molecule has 2 heterocycles. The van der Waals surface area contributed by atoms with Crippen molar-refractivity contribution >= 4 is 17.5 Å². The number of nitrogens with zero attached hydrogens (tertiary/aromatic N) is 5. The van der Waals surface area contributed by atoms with Crippen molar-refractivity contribution < 1.29 is 4.74 Å². The first-order chi connectivity index (χ1) is 8.13. The average Bonchev–Trinajstić information content (AvgIpc) is 2.69. The lowest BCUT2D eigenvalue weighted by Gasteiger charge is -2.04. The van der Waals surface area contributed by atoms with Crippen molar-refractivity contribution in [2.24, 2.45) is 0 Å². The molecule has 0 aromatic carbocycles. The highest BCUT2D eigenvalue weighted by Gasteiger charge is 2.10. The molecule has 0 aliphatic heterocycles. The predicted molar refractivity (Wildman–Crippen MR) is 62.8 cm³/mol. The second-order valence-electron chi connectivity index (χ2n) is 3.20. The fraction of sp³-hybridized carbons (Fsp3) is 0.333. The summed E-state index contributed by atoms with van der Waals surface area (Å²) in [5.74, 6) is 0.743. The number of nitrogens with one attached hydrogen (secondary N) is 1. The molecule has 0 bridgehead atoms. The van der Waals surface area contributed by atoms with Crippen LogP contribution in [-0.2, 0) is 0 Å². The maximum atomic E-state index is 5.93. The summed E-state index contributed by atoms with van der Waals surface area (Å²) in [6, 6.07) is 0.212. The van der Waals surface area contributed by atoms with Crippen molar-refractivity contribution in [3.05, 3.63) is 16.9 Å². The molecule has 2 rings (SSSR count). The van der Waals surface area contributed by atoms with Crippen molar-refractivity contribution in [2.75, 3.05) is 19.5 Å². The third-order valence-electron chi connectivity index (χ3n) is 2.05. The maximum absolute atomic E-state index is 5.93. The molecule has 0 fully saturated rings. The summed E-state index contributed by atoms with van der Waals surface area (Å²) in [5.41, 5.74) is 0.706. The number of hydrogen-bond donors (Lipinski definition) is 1. The normalized spacial score (nSPS) is 10.4. The number of methoxy groups -OCH3 is 1. The van der Waals surface area contributed by atoms with E-state index < -0.39 is 0 Å². The molecule has 0 radical (unpaired) electrons. The van der Waals surface area contributed by atoms with E-state index in [0.29, 0.717) is 22.6 Å². The third-order valence-corrected chi connectivity index (χ3v) is 2.42. The van der Waals surface area contributed by atoms with Crippen LogP contribution in [0, 0.1) is 6.92 Å². The Hall–Kier alpha value is -1.89. The SMILES string of the molecule is CNc1nc(OC)nc(-n2cc(Cl)c(C)n2)n1. The van der Waals surface area contributed by atoms with Gasteiger partial charge in [0.2, 0.25) is 5.95 Å². The highest BCUT2D eigenvalue weighted by Crippen LogP contribution is 2.16. The standard InChI is InChI=1S/C9H11ClN6O/c1-5-6(10)4-16(15-5)8-12-7(11-2)13-9(14-8)17-3/h4H,1-3H3,(H,11,12,13,14). The van der Waals surface area contributed by atoms with Crippen LogP contribution in [0.2, 0.25) is 5.02 Å². The van der Waals surface area contributed by atoms with Gasteiger partial charge in [0.15, 0.2) is 0 Å². The molecular weight excluding hydrogens is 244 g/mol. The zero-order chi connectivity index (χ0) is 12.4. The fourth-order valence-electron chi connectivity index (χ4n) is 1.19. The largest absolute Gasteiger partial charge is 0.467 e. The Balaban J connectivity index is 2.50. The summed E-state index contributed by atoms with van der Waals surface area (Å²) in [6.07, 6.45) is 1.63. The molecule has 0 aliphatic carbocycles. The lowest BCUT2D eigenvalue weighted by molar-refractivity contribution is 0.377. The summed E-state index contributed by atoms with van der Waals surface area (Å²) < 4.78 is 6.45. The Kier molecular flexibility index (Phi) is 3.10. The van der Waals surface area contributed by atoms with E-state index in [4.69, 9.17) is 16.3 Å². The topological polar surface area (TPSA) is 77.8 Å². The van der Waals surface area contributed by atoms with Crippen LogP contribution in [0.1, 0.15) is 5.69 Å². The first kappa shape index (κ1) is 11.6. The minimum atomic E-state index is 0.212. The lowest BCUT2D eigenvalue weighted by atomic mass is 10.5. The number of hydrogen-bond acceptors (Lipinski definition) is 6. The summed E-state index contributed by atoms with van der Waals surface area (Å²) in [4.78, 5) is 12.2. The first-order valence-electron chi connectivity index (χ1n) is 4.84. The minimum absolute atomic E-state index is 0.212. The molecule has 0 unspecified atom stereocenters. The number of ether oxygens (including phenoxy) is 1. The molecule has 1 N–H and O–H groups in total. The van der Waals surface area contributed by atoms with Gasteiger partial charge in [-0.15, -0.1) is 0 Å². The van der Waals surface area contributed by atoms with Gasteiger partial charge >= 0.3 is 6.01 Å². The highest BCUT2D eigenvalue weighted by atomic mass is 35.5. The first-order valence-corrected chi connectivity index (χ1v) is 5.22. The van der Waals surface area contributed by atoms with E-state index in [2.05, 4.69) is 25.4 Å². The summed E-state index contributed by atoms with van der Waals surface area (Å²) >= 11 is 5.93. The number of aryl methyl sites for hydroxylation is 1. The molecule has 0 atom stereocenters. The monoisotopic (exact) mass is 254 g/mol. The molecule has 90 valence electrons. The zero-order valence-electron chi connectivity index (χ0n) is 9.60. The van der Waals surface area contributed by atoms with Gasteiger partial charge in [-0.3, -0.25) is 0 Å². The number of halogens is 1. The van der Waals surface area contributed by atoms with Crippen molar-refractivity contribution in [1.82, 2.24) is 24.7 Å². The van der Waals surface area contributed by atoms with Crippen molar-refractivity contribution in [3.63, 3.8) is 0 Å². The third kappa shape index (κ3) is 2.28. The van der Waals surface area contributed by atoms with Gasteiger partial charge in [-0.25, -0.2) is 4.68 Å². The molecule has 0 saturated heterocycles. The summed E-state index contributed by atoms with van der Waals surface area (Å²) in [7, 11) is 3.19. The number of aromatic nitrogens is 5. The van der Waals surface area contributed by atoms with Gasteiger partial charge in [0.1, 0.15) is 0 Å². The van der Waals surface area contributed by atoms with Crippen molar-refractivity contribution in [1.29, 1.82) is 0 Å². The molecule has 2 aromatic rings. The number of rotatable bonds is 3. The molecule has 0 saturated carbocycles. The van der Waals surface area contributed by atoms with E-state index in [0.717, 1.165) is 0 Å². The Labute approximate surface area is 103 Å². The lowest BCUT2D eigenvalue weighted by Crippen LogP contribution is -2.08. The van der Waals surface area contributed by atoms with Crippen LogP contribution >= 0.6 is 11.6 Å². The van der Waals surface area contributed by atoms with Crippen LogP contribution in [-0.4, -0.2) is 38.9 Å². The van der Waals surface area contributed by atoms with Gasteiger partial charge in [0.05, 0.1) is 24.0 Å². The predicted octanol–water partition coefficient (Wildman–Crippen LogP) is 1.07. The molecule has 8 heteroatoms. The smallest absolute Gasteiger partial charge is 0.322 e. The average molecular weight is 255 g/mol. The van der Waals surface area contributed by atoms with Gasteiger partial charge in [-0.2, -0.15) is 20.1 Å². The Morgan fingerprint density at radius 2 is 2.12 bits per heavy atom. The van der Waals surface area contributed by atoms with Crippen LogP contribution < -0.4 is 10.1 Å². The van der Waals surface area contributed by atoms with Gasteiger partial charge in [0.25, 0.3) is 5.95 Å². The van der Waals surface area contributed by atoms with Gasteiger partial charge in [0, 0.05) is 7.05 Å². The maximum Gasteiger partial charge on any atom is 0.322 e. The Morgan fingerprint density at radius 3 is 2.65 bits per heavy atom. The van der Waals surface area contributed by atoms with E-state index >= 15 is 0 Å². The highest BCUT2D eigenvalue weighted by molar-refractivity contribution is 6.31. The van der Waals surface area contributed by atoms with E-state index in [-0.39, 0.29) is 6.01 Å². The molecule has 0 spiro atoms. The Morgan fingerprint density at radius 1 is 1.35 bits per heavy atom. The van der Waals surface area contributed by atoms with Crippen molar-refractivity contribution in [2.45, 2.75) is 6.92 Å². The summed E-state index contributed by atoms with van der Waals surface area (Å²) in [5, 5.41) is 7.55. The number of anilines is 1. The van der Waals surface area contributed by atoms with E-state index in [1.165, 1.54) is 11.8 Å². The molecule has 0 aliphatic rings. The quantitative estimate of drug-likeness (QED) is 0.883. The van der Waals surface area contributed by atoms with E-state index in [1.54, 1.807) is 20.2 Å². The van der Waals surface area contributed by atoms with Gasteiger partial charge < -0.3 is 10.1 Å². The van der Waals surface area contributed by atoms with E-state index in [9.17, 15) is 0 Å². The van der Waals surface area contributed by atoms with Gasteiger partial charge in [-0.1, -0.05) is 11.6 Å². The molecule has 2 aromatic heterocycles. The van der Waals surface area contributed by atoms with Crippen LogP contribution in [0.25, 0.3) is 5.95 Å². The second-order valence-corrected chi connectivity index (χ2v) is 3.61. The Bertz CT molecular complexity index is 499. The van der Waals surface area contributed by atoms with Crippen LogP contribution in [0.4, 0.5) is 5.95 Å². The van der Waals surface area contributed by atoms with Crippen LogP contribution in [0.5, 0.6) is 6.01 Å². The molecular formula is C9H11ClN6O. The van der Waals surface area contributed by atoms with Gasteiger partial charge in [-0.05, 0) is 6.92 Å². The second kappa shape index (κ2) is 4.54. The minimum Gasteiger partial charge on any atom is -0.467 e. The van der Waals surface area contributed by atoms with Crippen molar-refractivity contribution in [3.8, 4) is 12.0 Å². The zero-order valence-corrected chi connectivity index (χ0v) is 10.4. The summed E-state index contributed by atoms with van der Waals surface area (Å²) in [6.45, 7) is 1.80. The molecule has 17 heavy (non-hydrogen) atoms.